The van der Waals surface area contributed by atoms with E-state index < -0.39 is 0 Å². The van der Waals surface area contributed by atoms with E-state index in [2.05, 4.69) is 0 Å². The molecular weight excluding hydrogens is 222 g/mol. The van der Waals surface area contributed by atoms with Gasteiger partial charge in [-0.3, -0.25) is 4.79 Å². The number of amides is 1. The van der Waals surface area contributed by atoms with Gasteiger partial charge in [-0.05, 0) is 20.5 Å². The average molecular weight is 245 g/mol. The molecule has 1 amide bonds. The Morgan fingerprint density at radius 3 is 2.25 bits per heavy atom. The number of hydrogen-bond acceptors (Lipinski definition) is 3. The van der Waals surface area contributed by atoms with Crippen molar-refractivity contribution in [2.24, 2.45) is 11.7 Å². The highest BCUT2D eigenvalue weighted by Crippen LogP contribution is 2.10. The molecular formula is C11H23N3OS. The molecule has 1 unspecified atom stereocenters. The van der Waals surface area contributed by atoms with E-state index in [4.69, 9.17) is 18.0 Å². The van der Waals surface area contributed by atoms with Gasteiger partial charge in [0.25, 0.3) is 0 Å². The van der Waals surface area contributed by atoms with Gasteiger partial charge in [0.2, 0.25) is 5.91 Å². The van der Waals surface area contributed by atoms with Crippen LogP contribution in [0.15, 0.2) is 0 Å². The van der Waals surface area contributed by atoms with Crippen LogP contribution in [-0.4, -0.2) is 54.9 Å². The fraction of sp³-hybridized carbons (Fsp3) is 0.818. The summed E-state index contributed by atoms with van der Waals surface area (Å²) in [5.41, 5.74) is 5.59. The maximum atomic E-state index is 12.0. The van der Waals surface area contributed by atoms with Gasteiger partial charge in [0, 0.05) is 20.1 Å². The molecule has 2 N–H and O–H groups in total. The molecule has 0 aliphatic rings. The highest BCUT2D eigenvalue weighted by molar-refractivity contribution is 7.80. The Morgan fingerprint density at radius 2 is 1.88 bits per heavy atom. The first-order valence-corrected chi connectivity index (χ1v) is 6.00. The highest BCUT2D eigenvalue weighted by atomic mass is 32.1. The van der Waals surface area contributed by atoms with Crippen molar-refractivity contribution in [3.8, 4) is 0 Å². The third-order valence-electron chi connectivity index (χ3n) is 2.48. The van der Waals surface area contributed by atoms with Crippen LogP contribution in [0.4, 0.5) is 0 Å². The molecule has 0 heterocycles. The van der Waals surface area contributed by atoms with Gasteiger partial charge >= 0.3 is 0 Å². The quantitative estimate of drug-likeness (QED) is 0.671. The zero-order valence-corrected chi connectivity index (χ0v) is 11.5. The lowest BCUT2D eigenvalue weighted by Gasteiger charge is -2.24. The van der Waals surface area contributed by atoms with Crippen LogP contribution in [0.25, 0.3) is 0 Å². The molecule has 0 aromatic rings. The molecule has 0 bridgehead atoms. The molecule has 5 heteroatoms. The number of nitrogens with zero attached hydrogens (tertiary/aromatic N) is 2. The second-order valence-corrected chi connectivity index (χ2v) is 4.78. The minimum absolute atomic E-state index is 0.0381. The van der Waals surface area contributed by atoms with Gasteiger partial charge in [-0.2, -0.15) is 0 Å². The Kier molecular flexibility index (Phi) is 7.25. The zero-order chi connectivity index (χ0) is 12.7. The van der Waals surface area contributed by atoms with Crippen LogP contribution in [0.2, 0.25) is 0 Å². The number of likely N-dealkylation sites (N-methyl/N-ethyl adjacent to an activating group) is 2. The third kappa shape index (κ3) is 5.42. The zero-order valence-electron chi connectivity index (χ0n) is 10.7. The van der Waals surface area contributed by atoms with Gasteiger partial charge in [-0.1, -0.05) is 25.6 Å². The number of rotatable bonds is 7. The van der Waals surface area contributed by atoms with E-state index in [-0.39, 0.29) is 11.8 Å². The molecule has 0 aliphatic carbocycles. The topological polar surface area (TPSA) is 49.6 Å². The summed E-state index contributed by atoms with van der Waals surface area (Å²) in [5.74, 6) is -0.261. The molecule has 0 aliphatic heterocycles. The number of thiocarbonyl (C=S) groups is 1. The average Bonchev–Trinajstić information content (AvgIpc) is 2.20. The Balaban J connectivity index is 4.31. The molecule has 16 heavy (non-hydrogen) atoms. The van der Waals surface area contributed by atoms with E-state index in [9.17, 15) is 4.79 Å². The van der Waals surface area contributed by atoms with Gasteiger partial charge in [0.05, 0.1) is 10.9 Å². The lowest BCUT2D eigenvalue weighted by molar-refractivity contribution is -0.132. The standard InChI is InChI=1S/C11H23N3OS/c1-5-6-9(10(12)16)11(15)14(4)8-7-13(2)3/h9H,5-8H2,1-4H3,(H2,12,16). The molecule has 0 saturated heterocycles. The van der Waals surface area contributed by atoms with Crippen molar-refractivity contribution >= 4 is 23.1 Å². The molecule has 4 nitrogen and oxygen atoms in total. The predicted octanol–water partition coefficient (Wildman–Crippen LogP) is 0.709. The van der Waals surface area contributed by atoms with Gasteiger partial charge in [0.15, 0.2) is 0 Å². The summed E-state index contributed by atoms with van der Waals surface area (Å²) in [6.07, 6.45) is 1.65. The van der Waals surface area contributed by atoms with Crippen molar-refractivity contribution in [1.82, 2.24) is 9.80 Å². The Bertz CT molecular complexity index is 243. The molecule has 1 atom stereocenters. The maximum Gasteiger partial charge on any atom is 0.232 e. The maximum absolute atomic E-state index is 12.0. The smallest absolute Gasteiger partial charge is 0.232 e. The molecule has 0 spiro atoms. The van der Waals surface area contributed by atoms with E-state index in [1.54, 1.807) is 11.9 Å². The van der Waals surface area contributed by atoms with E-state index >= 15 is 0 Å². The van der Waals surface area contributed by atoms with Gasteiger partial charge in [0.1, 0.15) is 0 Å². The number of carbonyl (C=O) groups excluding carboxylic acids is 1. The first kappa shape index (κ1) is 15.3. The lowest BCUT2D eigenvalue weighted by atomic mass is 10.0. The summed E-state index contributed by atoms with van der Waals surface area (Å²) >= 11 is 4.93. The first-order valence-electron chi connectivity index (χ1n) is 5.59. The van der Waals surface area contributed by atoms with Crippen molar-refractivity contribution in [2.75, 3.05) is 34.2 Å². The summed E-state index contributed by atoms with van der Waals surface area (Å²) in [6, 6.07) is 0. The highest BCUT2D eigenvalue weighted by Gasteiger charge is 2.23. The SMILES string of the molecule is CCCC(C(=O)N(C)CCN(C)C)C(N)=S. The fourth-order valence-electron chi connectivity index (χ4n) is 1.40. The Hall–Kier alpha value is -0.680. The summed E-state index contributed by atoms with van der Waals surface area (Å²) in [5, 5.41) is 0. The summed E-state index contributed by atoms with van der Waals surface area (Å²) in [7, 11) is 5.76. The van der Waals surface area contributed by atoms with Crippen molar-refractivity contribution in [3.05, 3.63) is 0 Å². The largest absolute Gasteiger partial charge is 0.393 e. The molecule has 0 aromatic heterocycles. The second kappa shape index (κ2) is 7.57. The molecule has 0 saturated carbocycles. The van der Waals surface area contributed by atoms with Crippen LogP contribution in [0, 0.1) is 5.92 Å². The monoisotopic (exact) mass is 245 g/mol. The van der Waals surface area contributed by atoms with Crippen LogP contribution >= 0.6 is 12.2 Å². The number of hydrogen-bond donors (Lipinski definition) is 1. The van der Waals surface area contributed by atoms with Crippen LogP contribution in [-0.2, 0) is 4.79 Å². The van der Waals surface area contributed by atoms with E-state index in [0.29, 0.717) is 11.5 Å². The van der Waals surface area contributed by atoms with Crippen molar-refractivity contribution in [3.63, 3.8) is 0 Å². The van der Waals surface area contributed by atoms with Gasteiger partial charge in [-0.15, -0.1) is 0 Å². The molecule has 0 rings (SSSR count). The van der Waals surface area contributed by atoms with E-state index in [0.717, 1.165) is 19.4 Å². The minimum atomic E-state index is -0.299. The molecule has 0 fully saturated rings. The van der Waals surface area contributed by atoms with Crippen molar-refractivity contribution in [1.29, 1.82) is 0 Å². The van der Waals surface area contributed by atoms with Gasteiger partial charge < -0.3 is 15.5 Å². The molecule has 94 valence electrons. The summed E-state index contributed by atoms with van der Waals surface area (Å²) in [4.78, 5) is 16.1. The summed E-state index contributed by atoms with van der Waals surface area (Å²) < 4.78 is 0. The normalized spacial score (nSPS) is 12.6. The fourth-order valence-corrected chi connectivity index (χ4v) is 1.62. The van der Waals surface area contributed by atoms with Crippen LogP contribution in [0.5, 0.6) is 0 Å². The van der Waals surface area contributed by atoms with Crippen LogP contribution < -0.4 is 5.73 Å². The predicted molar refractivity (Wildman–Crippen MR) is 71.4 cm³/mol. The summed E-state index contributed by atoms with van der Waals surface area (Å²) in [6.45, 7) is 3.57. The first-order chi connectivity index (χ1) is 7.40. The van der Waals surface area contributed by atoms with Gasteiger partial charge in [-0.25, -0.2) is 0 Å². The number of nitrogens with two attached hydrogens (primary N) is 1. The molecule has 0 radical (unpaired) electrons. The Morgan fingerprint density at radius 1 is 1.31 bits per heavy atom. The van der Waals surface area contributed by atoms with E-state index in [1.165, 1.54) is 0 Å². The second-order valence-electron chi connectivity index (χ2n) is 4.31. The third-order valence-corrected chi connectivity index (χ3v) is 2.76. The number of carbonyl (C=O) groups is 1. The molecule has 0 aromatic carbocycles. The van der Waals surface area contributed by atoms with Crippen molar-refractivity contribution < 1.29 is 4.79 Å². The van der Waals surface area contributed by atoms with Crippen LogP contribution in [0.3, 0.4) is 0 Å². The lowest BCUT2D eigenvalue weighted by Crippen LogP contribution is -2.41. The minimum Gasteiger partial charge on any atom is -0.393 e. The van der Waals surface area contributed by atoms with E-state index in [1.807, 2.05) is 25.9 Å². The van der Waals surface area contributed by atoms with Crippen LogP contribution in [0.1, 0.15) is 19.8 Å². The van der Waals surface area contributed by atoms with Crippen molar-refractivity contribution in [2.45, 2.75) is 19.8 Å². The Labute approximate surface area is 104 Å².